The van der Waals surface area contributed by atoms with Gasteiger partial charge in [0.15, 0.2) is 0 Å². The molecular weight excluding hydrogens is 248 g/mol. The van der Waals surface area contributed by atoms with Gasteiger partial charge in [-0.25, -0.2) is 0 Å². The molecule has 1 aliphatic rings. The molecular formula is C15H21F2NO. The first-order valence-electron chi connectivity index (χ1n) is 6.88. The number of rotatable bonds is 5. The average Bonchev–Trinajstić information content (AvgIpc) is 2.40. The first-order valence-corrected chi connectivity index (χ1v) is 6.88. The van der Waals surface area contributed by atoms with Gasteiger partial charge in [-0.2, -0.15) is 8.78 Å². The largest absolute Gasteiger partial charge is 0.389 e. The zero-order chi connectivity index (χ0) is 13.8. The quantitative estimate of drug-likeness (QED) is 0.861. The third-order valence-corrected chi connectivity index (χ3v) is 3.78. The number of hydrogen-bond acceptors (Lipinski definition) is 2. The van der Waals surface area contributed by atoms with Crippen LogP contribution in [0.2, 0.25) is 0 Å². The van der Waals surface area contributed by atoms with Crippen LogP contribution in [0.3, 0.4) is 0 Å². The van der Waals surface area contributed by atoms with Gasteiger partial charge in [-0.3, -0.25) is 0 Å². The van der Waals surface area contributed by atoms with E-state index in [0.717, 1.165) is 19.3 Å². The average molecular weight is 269 g/mol. The predicted molar refractivity (Wildman–Crippen MR) is 71.2 cm³/mol. The summed E-state index contributed by atoms with van der Waals surface area (Å²) in [6, 6.07) is 7.79. The minimum absolute atomic E-state index is 0.0122. The second-order valence-electron chi connectivity index (χ2n) is 5.46. The van der Waals surface area contributed by atoms with Crippen molar-refractivity contribution < 1.29 is 13.9 Å². The van der Waals surface area contributed by atoms with Crippen LogP contribution < -0.4 is 5.32 Å². The van der Waals surface area contributed by atoms with Crippen LogP contribution >= 0.6 is 0 Å². The molecule has 4 heteroatoms. The van der Waals surface area contributed by atoms with Crippen LogP contribution in [0.4, 0.5) is 8.78 Å². The van der Waals surface area contributed by atoms with Crippen molar-refractivity contribution in [3.05, 3.63) is 35.9 Å². The third kappa shape index (κ3) is 3.98. The first kappa shape index (κ1) is 14.4. The van der Waals surface area contributed by atoms with Gasteiger partial charge in [0, 0.05) is 12.1 Å². The summed E-state index contributed by atoms with van der Waals surface area (Å²) in [6.45, 7) is -0.186. The minimum Gasteiger partial charge on any atom is -0.389 e. The maximum atomic E-state index is 13.9. The molecule has 0 spiro atoms. The van der Waals surface area contributed by atoms with Gasteiger partial charge in [-0.15, -0.1) is 0 Å². The summed E-state index contributed by atoms with van der Waals surface area (Å²) in [5, 5.41) is 13.0. The summed E-state index contributed by atoms with van der Waals surface area (Å²) < 4.78 is 27.8. The van der Waals surface area contributed by atoms with Gasteiger partial charge >= 0.3 is 0 Å². The predicted octanol–water partition coefficient (Wildman–Crippen LogP) is 3.06. The lowest BCUT2D eigenvalue weighted by atomic mass is 9.85. The fourth-order valence-electron chi connectivity index (χ4n) is 2.62. The number of aliphatic hydroxyl groups is 1. The molecule has 0 aromatic heterocycles. The molecule has 1 fully saturated rings. The molecule has 0 amide bonds. The Hall–Kier alpha value is -1.00. The monoisotopic (exact) mass is 269 g/mol. The van der Waals surface area contributed by atoms with Crippen LogP contribution in [0.25, 0.3) is 0 Å². The van der Waals surface area contributed by atoms with Crippen molar-refractivity contribution >= 4 is 0 Å². The van der Waals surface area contributed by atoms with E-state index >= 15 is 0 Å². The van der Waals surface area contributed by atoms with E-state index in [1.54, 1.807) is 18.2 Å². The second-order valence-corrected chi connectivity index (χ2v) is 5.46. The Labute approximate surface area is 112 Å². The Morgan fingerprint density at radius 3 is 2.37 bits per heavy atom. The fourth-order valence-corrected chi connectivity index (χ4v) is 2.62. The highest BCUT2D eigenvalue weighted by Gasteiger charge is 2.33. The molecule has 1 saturated carbocycles. The summed E-state index contributed by atoms with van der Waals surface area (Å²) in [5.41, 5.74) is -0.788. The number of nitrogens with one attached hydrogen (secondary N) is 1. The van der Waals surface area contributed by atoms with E-state index in [0.29, 0.717) is 12.8 Å². The normalized spacial score (nSPS) is 19.3. The van der Waals surface area contributed by atoms with E-state index in [1.165, 1.54) is 12.1 Å². The standard InChI is InChI=1S/C15H21F2NO/c16-15(17,13-7-3-1-4-8-13)12-18-11-14(19)9-5-2-6-10-14/h1,3-4,7-8,18-19H,2,5-6,9-12H2. The second kappa shape index (κ2) is 5.97. The Morgan fingerprint density at radius 2 is 1.74 bits per heavy atom. The molecule has 2 rings (SSSR count). The van der Waals surface area contributed by atoms with Gasteiger partial charge in [0.05, 0.1) is 12.1 Å². The molecule has 2 N–H and O–H groups in total. The van der Waals surface area contributed by atoms with Gasteiger partial charge in [0.25, 0.3) is 5.92 Å². The van der Waals surface area contributed by atoms with Crippen molar-refractivity contribution in [2.24, 2.45) is 0 Å². The minimum atomic E-state index is -2.90. The molecule has 0 bridgehead atoms. The summed E-state index contributed by atoms with van der Waals surface area (Å²) >= 11 is 0. The molecule has 1 aromatic carbocycles. The van der Waals surface area contributed by atoms with E-state index < -0.39 is 18.1 Å². The van der Waals surface area contributed by atoms with Crippen LogP contribution in [0, 0.1) is 0 Å². The van der Waals surface area contributed by atoms with Crippen molar-refractivity contribution in [1.82, 2.24) is 5.32 Å². The van der Waals surface area contributed by atoms with Crippen molar-refractivity contribution in [3.63, 3.8) is 0 Å². The van der Waals surface area contributed by atoms with E-state index in [9.17, 15) is 13.9 Å². The van der Waals surface area contributed by atoms with Gasteiger partial charge < -0.3 is 10.4 Å². The fraction of sp³-hybridized carbons (Fsp3) is 0.600. The zero-order valence-corrected chi connectivity index (χ0v) is 11.0. The summed E-state index contributed by atoms with van der Waals surface area (Å²) in [5.74, 6) is -2.90. The van der Waals surface area contributed by atoms with Gasteiger partial charge in [0.2, 0.25) is 0 Å². The lowest BCUT2D eigenvalue weighted by Gasteiger charge is -2.32. The number of halogens is 2. The van der Waals surface area contributed by atoms with Gasteiger partial charge in [-0.1, -0.05) is 49.6 Å². The van der Waals surface area contributed by atoms with Crippen LogP contribution in [0.15, 0.2) is 30.3 Å². The highest BCUT2D eigenvalue weighted by atomic mass is 19.3. The van der Waals surface area contributed by atoms with E-state index in [1.807, 2.05) is 0 Å². The van der Waals surface area contributed by atoms with Crippen LogP contribution in [0.5, 0.6) is 0 Å². The summed E-state index contributed by atoms with van der Waals surface area (Å²) in [4.78, 5) is 0. The van der Waals surface area contributed by atoms with Crippen molar-refractivity contribution in [1.29, 1.82) is 0 Å². The number of benzene rings is 1. The lowest BCUT2D eigenvalue weighted by Crippen LogP contribution is -2.45. The molecule has 106 valence electrons. The van der Waals surface area contributed by atoms with Crippen LogP contribution in [0.1, 0.15) is 37.7 Å². The Bertz CT molecular complexity index is 388. The van der Waals surface area contributed by atoms with Gasteiger partial charge in [0.1, 0.15) is 0 Å². The van der Waals surface area contributed by atoms with Gasteiger partial charge in [-0.05, 0) is 12.8 Å². The number of hydrogen-bond donors (Lipinski definition) is 2. The van der Waals surface area contributed by atoms with Crippen molar-refractivity contribution in [3.8, 4) is 0 Å². The molecule has 0 heterocycles. The highest BCUT2D eigenvalue weighted by molar-refractivity contribution is 5.20. The smallest absolute Gasteiger partial charge is 0.285 e. The molecule has 1 aromatic rings. The zero-order valence-electron chi connectivity index (χ0n) is 11.0. The van der Waals surface area contributed by atoms with Crippen LogP contribution in [-0.2, 0) is 5.92 Å². The summed E-state index contributed by atoms with van der Waals surface area (Å²) in [6.07, 6.45) is 4.50. The lowest BCUT2D eigenvalue weighted by molar-refractivity contribution is -0.0243. The molecule has 0 aliphatic heterocycles. The SMILES string of the molecule is OC1(CNCC(F)(F)c2ccccc2)CCCCC1. The maximum Gasteiger partial charge on any atom is 0.285 e. The number of alkyl halides is 2. The van der Waals surface area contributed by atoms with E-state index in [-0.39, 0.29) is 12.1 Å². The summed E-state index contributed by atoms with van der Waals surface area (Å²) in [7, 11) is 0. The molecule has 0 atom stereocenters. The van der Waals surface area contributed by atoms with E-state index in [2.05, 4.69) is 5.32 Å². The molecule has 2 nitrogen and oxygen atoms in total. The van der Waals surface area contributed by atoms with E-state index in [4.69, 9.17) is 0 Å². The molecule has 0 radical (unpaired) electrons. The topological polar surface area (TPSA) is 32.3 Å². The molecule has 19 heavy (non-hydrogen) atoms. The maximum absolute atomic E-state index is 13.9. The highest BCUT2D eigenvalue weighted by Crippen LogP contribution is 2.29. The van der Waals surface area contributed by atoms with Crippen LogP contribution in [-0.4, -0.2) is 23.8 Å². The Kier molecular flexibility index (Phi) is 4.53. The third-order valence-electron chi connectivity index (χ3n) is 3.78. The first-order chi connectivity index (χ1) is 9.02. The van der Waals surface area contributed by atoms with Crippen molar-refractivity contribution in [2.75, 3.05) is 13.1 Å². The molecule has 0 unspecified atom stereocenters. The van der Waals surface area contributed by atoms with Crippen molar-refractivity contribution in [2.45, 2.75) is 43.6 Å². The molecule has 0 saturated heterocycles. The Balaban J connectivity index is 1.84. The Morgan fingerprint density at radius 1 is 1.11 bits per heavy atom. The molecule has 1 aliphatic carbocycles.